The number of nitrogens with zero attached hydrogens (tertiary/aromatic N) is 4. The molecule has 5 rings (SSSR count). The van der Waals surface area contributed by atoms with Crippen LogP contribution in [0.2, 0.25) is 0 Å². The van der Waals surface area contributed by atoms with E-state index in [1.807, 2.05) is 43.5 Å². The van der Waals surface area contributed by atoms with E-state index in [0.29, 0.717) is 31.1 Å². The van der Waals surface area contributed by atoms with Gasteiger partial charge in [-0.05, 0) is 48.7 Å². The maximum Gasteiger partial charge on any atom is 1.00 e. The van der Waals surface area contributed by atoms with Crippen LogP contribution in [0.3, 0.4) is 0 Å². The maximum absolute atomic E-state index is 12.2. The average molecular weight is 647 g/mol. The number of carbonyl (C=O) groups is 1. The SMILES string of the molecule is COc1cnc(-c2ccc(Cn3c(CC(C)(C)C(=O)[O-])c(SC(C)(C)C)c4cc(OCc5ccc(C)cn5)ccc43)cc2)nc1.[Na+]. The van der Waals surface area contributed by atoms with Gasteiger partial charge in [-0.3, -0.25) is 4.98 Å². The van der Waals surface area contributed by atoms with E-state index in [2.05, 4.69) is 64.6 Å². The quantitative estimate of drug-likeness (QED) is 0.158. The summed E-state index contributed by atoms with van der Waals surface area (Å²) < 4.78 is 13.5. The standard InChI is InChI=1S/C36H40N4O4S.Na/c1-23-8-13-26(37-18-23)22-44-27-14-15-30-29(16-27)32(45-35(2,3)4)31(17-36(5,6)34(41)42)40(30)21-24-9-11-25(12-10-24)33-38-19-28(43-7)20-39-33;/h8-16,18-20H,17,21-22H2,1-7H3,(H,41,42);/q;+1/p-1. The molecule has 0 unspecified atom stereocenters. The molecule has 0 aliphatic heterocycles. The van der Waals surface area contributed by atoms with Gasteiger partial charge in [0.05, 0.1) is 25.2 Å². The van der Waals surface area contributed by atoms with Crippen LogP contribution in [0.25, 0.3) is 22.3 Å². The van der Waals surface area contributed by atoms with Crippen molar-refractivity contribution in [1.82, 2.24) is 19.5 Å². The van der Waals surface area contributed by atoms with E-state index in [4.69, 9.17) is 9.47 Å². The number of fused-ring (bicyclic) bond motifs is 1. The Hall–Kier alpha value is -3.37. The van der Waals surface area contributed by atoms with Crippen molar-refractivity contribution in [2.75, 3.05) is 7.11 Å². The van der Waals surface area contributed by atoms with Gasteiger partial charge in [-0.1, -0.05) is 65.0 Å². The van der Waals surface area contributed by atoms with Crippen LogP contribution >= 0.6 is 11.8 Å². The molecule has 0 N–H and O–H groups in total. The third-order valence-corrected chi connectivity index (χ3v) is 8.71. The normalized spacial score (nSPS) is 11.7. The van der Waals surface area contributed by atoms with Gasteiger partial charge in [-0.2, -0.15) is 0 Å². The Morgan fingerprint density at radius 1 is 0.913 bits per heavy atom. The van der Waals surface area contributed by atoms with Crippen molar-refractivity contribution in [2.24, 2.45) is 5.41 Å². The second kappa shape index (κ2) is 14.6. The number of hydrogen-bond donors (Lipinski definition) is 0. The van der Waals surface area contributed by atoms with E-state index in [1.54, 1.807) is 45.1 Å². The fourth-order valence-corrected chi connectivity index (χ4v) is 6.15. The minimum Gasteiger partial charge on any atom is -0.550 e. The Kier molecular flexibility index (Phi) is 11.3. The summed E-state index contributed by atoms with van der Waals surface area (Å²) in [4.78, 5) is 26.6. The Bertz CT molecular complexity index is 1800. The number of aryl methyl sites for hydroxylation is 1. The number of pyridine rings is 1. The number of carboxylic acids is 1. The van der Waals surface area contributed by atoms with Crippen molar-refractivity contribution in [3.8, 4) is 22.9 Å². The topological polar surface area (TPSA) is 102 Å². The molecule has 0 amide bonds. The minimum atomic E-state index is -1.08. The fraction of sp³-hybridized carbons (Fsp3) is 0.333. The molecule has 2 aromatic carbocycles. The molecule has 0 aliphatic carbocycles. The number of aromatic nitrogens is 4. The van der Waals surface area contributed by atoms with E-state index < -0.39 is 11.4 Å². The number of ether oxygens (including phenoxy) is 2. The predicted molar refractivity (Wildman–Crippen MR) is 176 cm³/mol. The first-order chi connectivity index (χ1) is 21.3. The first-order valence-corrected chi connectivity index (χ1v) is 15.7. The average Bonchev–Trinajstić information content (AvgIpc) is 3.26. The summed E-state index contributed by atoms with van der Waals surface area (Å²) in [5.74, 6) is 0.866. The monoisotopic (exact) mass is 646 g/mol. The molecule has 3 aromatic heterocycles. The summed E-state index contributed by atoms with van der Waals surface area (Å²) in [6, 6.07) is 18.2. The Labute approximate surface area is 297 Å². The molecule has 0 aliphatic rings. The largest absolute Gasteiger partial charge is 1.00 e. The van der Waals surface area contributed by atoms with Crippen molar-refractivity contribution >= 4 is 28.6 Å². The number of thioether (sulfide) groups is 1. The van der Waals surface area contributed by atoms with Gasteiger partial charge in [0.1, 0.15) is 12.4 Å². The molecule has 46 heavy (non-hydrogen) atoms. The molecule has 0 bridgehead atoms. The fourth-order valence-electron chi connectivity index (χ4n) is 4.97. The van der Waals surface area contributed by atoms with Crippen LogP contribution in [0.5, 0.6) is 11.5 Å². The van der Waals surface area contributed by atoms with Crippen LogP contribution < -0.4 is 44.1 Å². The van der Waals surface area contributed by atoms with Gasteiger partial charge in [0.2, 0.25) is 0 Å². The number of carboxylic acid groups (broad SMARTS) is 1. The summed E-state index contributed by atoms with van der Waals surface area (Å²) in [5, 5.41) is 13.3. The van der Waals surface area contributed by atoms with Crippen LogP contribution in [0.4, 0.5) is 0 Å². The van der Waals surface area contributed by atoms with Crippen LogP contribution in [0.15, 0.2) is 78.1 Å². The molecule has 10 heteroatoms. The van der Waals surface area contributed by atoms with Crippen LogP contribution in [0.1, 0.15) is 57.1 Å². The van der Waals surface area contributed by atoms with Crippen molar-refractivity contribution < 1.29 is 48.9 Å². The van der Waals surface area contributed by atoms with Gasteiger partial charge in [-0.25, -0.2) is 9.97 Å². The Morgan fingerprint density at radius 2 is 1.61 bits per heavy atom. The zero-order chi connectivity index (χ0) is 32.4. The van der Waals surface area contributed by atoms with Gasteiger partial charge in [0.25, 0.3) is 0 Å². The van der Waals surface area contributed by atoms with Crippen LogP contribution in [-0.2, 0) is 24.4 Å². The van der Waals surface area contributed by atoms with Crippen molar-refractivity contribution in [2.45, 2.75) is 70.8 Å². The molecule has 0 spiro atoms. The smallest absolute Gasteiger partial charge is 0.550 e. The van der Waals surface area contributed by atoms with Gasteiger partial charge < -0.3 is 23.9 Å². The molecule has 0 fully saturated rings. The van der Waals surface area contributed by atoms with Gasteiger partial charge in [0.15, 0.2) is 11.6 Å². The molecule has 0 atom stereocenters. The van der Waals surface area contributed by atoms with E-state index in [1.165, 1.54) is 0 Å². The Balaban J connectivity index is 0.00000480. The van der Waals surface area contributed by atoms with Gasteiger partial charge in [-0.15, -0.1) is 11.8 Å². The summed E-state index contributed by atoms with van der Waals surface area (Å²) in [6.45, 7) is 12.9. The van der Waals surface area contributed by atoms with E-state index in [9.17, 15) is 9.90 Å². The summed E-state index contributed by atoms with van der Waals surface area (Å²) >= 11 is 1.74. The molecule has 234 valence electrons. The van der Waals surface area contributed by atoms with E-state index in [-0.39, 0.29) is 34.3 Å². The zero-order valence-electron chi connectivity index (χ0n) is 27.9. The molecule has 0 saturated heterocycles. The number of carbonyl (C=O) groups excluding carboxylic acids is 1. The van der Waals surface area contributed by atoms with Gasteiger partial charge >= 0.3 is 29.6 Å². The second-order valence-corrected chi connectivity index (χ2v) is 14.7. The van der Waals surface area contributed by atoms with Crippen LogP contribution in [-0.4, -0.2) is 37.3 Å². The Morgan fingerprint density at radius 3 is 2.20 bits per heavy atom. The summed E-state index contributed by atoms with van der Waals surface area (Å²) in [7, 11) is 1.59. The molecule has 3 heterocycles. The third-order valence-electron chi connectivity index (χ3n) is 7.44. The zero-order valence-corrected chi connectivity index (χ0v) is 30.7. The number of rotatable bonds is 11. The number of benzene rings is 2. The predicted octanol–water partition coefficient (Wildman–Crippen LogP) is 3.65. The van der Waals surface area contributed by atoms with Crippen LogP contribution in [0, 0.1) is 12.3 Å². The second-order valence-electron chi connectivity index (χ2n) is 12.9. The number of hydrogen-bond acceptors (Lipinski definition) is 8. The minimum absolute atomic E-state index is 0. The molecule has 8 nitrogen and oxygen atoms in total. The number of methoxy groups -OCH3 is 1. The molecule has 0 radical (unpaired) electrons. The molecular formula is C36H39N4NaO4S. The first kappa shape index (κ1) is 35.5. The molecular weight excluding hydrogens is 607 g/mol. The van der Waals surface area contributed by atoms with Crippen molar-refractivity contribution in [1.29, 1.82) is 0 Å². The first-order valence-electron chi connectivity index (χ1n) is 14.9. The van der Waals surface area contributed by atoms with Gasteiger partial charge in [0, 0.05) is 55.9 Å². The van der Waals surface area contributed by atoms with E-state index in [0.717, 1.165) is 49.6 Å². The summed E-state index contributed by atoms with van der Waals surface area (Å²) in [6.07, 6.45) is 5.44. The maximum atomic E-state index is 12.2. The molecule has 5 aromatic rings. The van der Waals surface area contributed by atoms with Crippen molar-refractivity contribution in [3.63, 3.8) is 0 Å². The third kappa shape index (κ3) is 8.50. The van der Waals surface area contributed by atoms with Crippen molar-refractivity contribution in [3.05, 3.63) is 95.7 Å². The number of aliphatic carboxylic acids is 1. The summed E-state index contributed by atoms with van der Waals surface area (Å²) in [5.41, 5.74) is 4.79. The molecule has 0 saturated carbocycles. The van der Waals surface area contributed by atoms with E-state index >= 15 is 0 Å².